The Labute approximate surface area is 111 Å². The Morgan fingerprint density at radius 2 is 1.89 bits per heavy atom. The summed E-state index contributed by atoms with van der Waals surface area (Å²) >= 11 is 0. The molecule has 5 nitrogen and oxygen atoms in total. The molecule has 2 aromatic heterocycles. The topological polar surface area (TPSA) is 69.6 Å². The number of fused-ring (bicyclic) bond motifs is 1. The lowest BCUT2D eigenvalue weighted by Gasteiger charge is -2.10. The van der Waals surface area contributed by atoms with Gasteiger partial charge in [0.05, 0.1) is 16.7 Å². The molecule has 2 heterocycles. The third-order valence-corrected chi connectivity index (χ3v) is 3.03. The highest BCUT2D eigenvalue weighted by atomic mass is 15.1. The zero-order valence-corrected chi connectivity index (χ0v) is 10.7. The highest BCUT2D eigenvalue weighted by Gasteiger charge is 2.10. The van der Waals surface area contributed by atoms with Crippen LogP contribution in [0.1, 0.15) is 11.5 Å². The van der Waals surface area contributed by atoms with Crippen LogP contribution in [-0.2, 0) is 6.42 Å². The van der Waals surface area contributed by atoms with E-state index in [0.29, 0.717) is 6.54 Å². The van der Waals surface area contributed by atoms with E-state index >= 15 is 0 Å². The SMILES string of the molecule is Cc1nc2ccccc2nc1-n1ccnc1CCN. The molecule has 1 aromatic carbocycles. The maximum atomic E-state index is 5.61. The first-order valence-corrected chi connectivity index (χ1v) is 6.25. The van der Waals surface area contributed by atoms with Crippen molar-refractivity contribution in [2.24, 2.45) is 5.73 Å². The molecular weight excluding hydrogens is 238 g/mol. The Morgan fingerprint density at radius 1 is 1.16 bits per heavy atom. The Kier molecular flexibility index (Phi) is 2.97. The number of aryl methyl sites for hydroxylation is 1. The lowest BCUT2D eigenvalue weighted by molar-refractivity contribution is 0.817. The van der Waals surface area contributed by atoms with Crippen molar-refractivity contribution in [1.29, 1.82) is 0 Å². The summed E-state index contributed by atoms with van der Waals surface area (Å²) in [5.74, 6) is 1.73. The van der Waals surface area contributed by atoms with Crippen LogP contribution in [0.25, 0.3) is 16.9 Å². The molecule has 3 aromatic rings. The number of imidazole rings is 1. The summed E-state index contributed by atoms with van der Waals surface area (Å²) in [6, 6.07) is 7.86. The quantitative estimate of drug-likeness (QED) is 0.770. The second-order valence-corrected chi connectivity index (χ2v) is 4.37. The van der Waals surface area contributed by atoms with Gasteiger partial charge in [-0.1, -0.05) is 12.1 Å². The molecule has 0 aliphatic rings. The van der Waals surface area contributed by atoms with Gasteiger partial charge in [0.1, 0.15) is 5.82 Å². The lowest BCUT2D eigenvalue weighted by Crippen LogP contribution is -2.11. The van der Waals surface area contributed by atoms with Crippen molar-refractivity contribution >= 4 is 11.0 Å². The molecule has 19 heavy (non-hydrogen) atoms. The minimum absolute atomic E-state index is 0.567. The van der Waals surface area contributed by atoms with Crippen molar-refractivity contribution in [3.05, 3.63) is 48.2 Å². The number of benzene rings is 1. The van der Waals surface area contributed by atoms with Crippen LogP contribution in [0.15, 0.2) is 36.7 Å². The zero-order chi connectivity index (χ0) is 13.2. The molecule has 3 rings (SSSR count). The summed E-state index contributed by atoms with van der Waals surface area (Å²) < 4.78 is 1.96. The summed E-state index contributed by atoms with van der Waals surface area (Å²) in [6.07, 6.45) is 4.39. The first kappa shape index (κ1) is 11.8. The van der Waals surface area contributed by atoms with E-state index in [1.54, 1.807) is 6.20 Å². The van der Waals surface area contributed by atoms with Gasteiger partial charge in [-0.05, 0) is 25.6 Å². The molecule has 0 saturated heterocycles. The van der Waals surface area contributed by atoms with E-state index < -0.39 is 0 Å². The maximum Gasteiger partial charge on any atom is 0.160 e. The molecular formula is C14H15N5. The largest absolute Gasteiger partial charge is 0.330 e. The molecule has 0 atom stereocenters. The predicted octanol–water partition coefficient (Wildman–Crippen LogP) is 1.63. The van der Waals surface area contributed by atoms with Crippen LogP contribution < -0.4 is 5.73 Å². The van der Waals surface area contributed by atoms with Crippen molar-refractivity contribution in [1.82, 2.24) is 19.5 Å². The van der Waals surface area contributed by atoms with E-state index in [1.165, 1.54) is 0 Å². The molecule has 5 heteroatoms. The number of nitrogens with two attached hydrogens (primary N) is 1. The molecule has 2 N–H and O–H groups in total. The average molecular weight is 253 g/mol. The number of hydrogen-bond donors (Lipinski definition) is 1. The van der Waals surface area contributed by atoms with Gasteiger partial charge >= 0.3 is 0 Å². The van der Waals surface area contributed by atoms with Gasteiger partial charge in [-0.15, -0.1) is 0 Å². The van der Waals surface area contributed by atoms with E-state index in [1.807, 2.05) is 42.0 Å². The van der Waals surface area contributed by atoms with E-state index in [4.69, 9.17) is 5.73 Å². The van der Waals surface area contributed by atoms with Gasteiger partial charge in [-0.2, -0.15) is 0 Å². The fourth-order valence-corrected chi connectivity index (χ4v) is 2.15. The summed E-state index contributed by atoms with van der Waals surface area (Å²) in [5, 5.41) is 0. The minimum Gasteiger partial charge on any atom is -0.330 e. The Bertz CT molecular complexity index is 717. The van der Waals surface area contributed by atoms with Gasteiger partial charge in [0.25, 0.3) is 0 Å². The van der Waals surface area contributed by atoms with Crippen molar-refractivity contribution in [3.8, 4) is 5.82 Å². The van der Waals surface area contributed by atoms with Crippen molar-refractivity contribution < 1.29 is 0 Å². The van der Waals surface area contributed by atoms with Crippen LogP contribution in [-0.4, -0.2) is 26.1 Å². The Morgan fingerprint density at radius 3 is 2.63 bits per heavy atom. The summed E-state index contributed by atoms with van der Waals surface area (Å²) in [5.41, 5.74) is 8.28. The monoisotopic (exact) mass is 253 g/mol. The number of nitrogens with zero attached hydrogens (tertiary/aromatic N) is 4. The highest BCUT2D eigenvalue weighted by Crippen LogP contribution is 2.17. The summed E-state index contributed by atoms with van der Waals surface area (Å²) in [7, 11) is 0. The van der Waals surface area contributed by atoms with Crippen LogP contribution in [0.2, 0.25) is 0 Å². The Balaban J connectivity index is 2.18. The molecule has 0 aliphatic heterocycles. The normalized spacial score (nSPS) is 11.1. The molecule has 96 valence electrons. The van der Waals surface area contributed by atoms with Gasteiger partial charge in [0.2, 0.25) is 0 Å². The maximum absolute atomic E-state index is 5.61. The van der Waals surface area contributed by atoms with Gasteiger partial charge in [-0.25, -0.2) is 15.0 Å². The van der Waals surface area contributed by atoms with Crippen molar-refractivity contribution in [2.45, 2.75) is 13.3 Å². The second-order valence-electron chi connectivity index (χ2n) is 4.37. The number of rotatable bonds is 3. The van der Waals surface area contributed by atoms with Crippen molar-refractivity contribution in [3.63, 3.8) is 0 Å². The van der Waals surface area contributed by atoms with Crippen molar-refractivity contribution in [2.75, 3.05) is 6.54 Å². The zero-order valence-electron chi connectivity index (χ0n) is 10.7. The van der Waals surface area contributed by atoms with E-state index in [-0.39, 0.29) is 0 Å². The van der Waals surface area contributed by atoms with Crippen LogP contribution in [0, 0.1) is 6.92 Å². The number of para-hydroxylation sites is 2. The fraction of sp³-hybridized carbons (Fsp3) is 0.214. The molecule has 0 bridgehead atoms. The van der Waals surface area contributed by atoms with Gasteiger partial charge < -0.3 is 5.73 Å². The van der Waals surface area contributed by atoms with Gasteiger partial charge in [-0.3, -0.25) is 4.57 Å². The lowest BCUT2D eigenvalue weighted by atomic mass is 10.3. The van der Waals surface area contributed by atoms with E-state index in [0.717, 1.165) is 34.8 Å². The second kappa shape index (κ2) is 4.78. The molecule has 0 radical (unpaired) electrons. The first-order chi connectivity index (χ1) is 9.29. The summed E-state index contributed by atoms with van der Waals surface area (Å²) in [4.78, 5) is 13.6. The fourth-order valence-electron chi connectivity index (χ4n) is 2.15. The Hall–Kier alpha value is -2.27. The van der Waals surface area contributed by atoms with Crippen LogP contribution in [0.4, 0.5) is 0 Å². The predicted molar refractivity (Wildman–Crippen MR) is 74.2 cm³/mol. The van der Waals surface area contributed by atoms with Gasteiger partial charge in [0.15, 0.2) is 5.82 Å². The molecule has 0 saturated carbocycles. The third kappa shape index (κ3) is 2.08. The average Bonchev–Trinajstić information content (AvgIpc) is 2.86. The van der Waals surface area contributed by atoms with Crippen LogP contribution in [0.3, 0.4) is 0 Å². The molecule has 0 amide bonds. The molecule has 0 unspecified atom stereocenters. The van der Waals surface area contributed by atoms with E-state index in [2.05, 4.69) is 15.0 Å². The molecule has 0 spiro atoms. The third-order valence-electron chi connectivity index (χ3n) is 3.03. The highest BCUT2D eigenvalue weighted by molar-refractivity contribution is 5.75. The van der Waals surface area contributed by atoms with E-state index in [9.17, 15) is 0 Å². The smallest absolute Gasteiger partial charge is 0.160 e. The number of hydrogen-bond acceptors (Lipinski definition) is 4. The summed E-state index contributed by atoms with van der Waals surface area (Å²) in [6.45, 7) is 2.53. The standard InChI is InChI=1S/C14H15N5/c1-10-14(19-9-8-16-13(19)6-7-15)18-12-5-3-2-4-11(12)17-10/h2-5,8-9H,6-7,15H2,1H3. The number of aromatic nitrogens is 4. The molecule has 0 aliphatic carbocycles. The van der Waals surface area contributed by atoms with Crippen LogP contribution in [0.5, 0.6) is 0 Å². The van der Waals surface area contributed by atoms with Gasteiger partial charge in [0, 0.05) is 18.8 Å². The molecule has 0 fully saturated rings. The first-order valence-electron chi connectivity index (χ1n) is 6.25. The van der Waals surface area contributed by atoms with Crippen LogP contribution >= 0.6 is 0 Å². The minimum atomic E-state index is 0.567.